The molecule has 2 rings (SSSR count). The first-order chi connectivity index (χ1) is 11.5. The second-order valence-corrected chi connectivity index (χ2v) is 7.28. The van der Waals surface area contributed by atoms with Gasteiger partial charge in [-0.1, -0.05) is 51.9 Å². The number of hydrogen-bond acceptors (Lipinski definition) is 3. The number of nitrogens with zero attached hydrogens (tertiary/aromatic N) is 1. The highest BCUT2D eigenvalue weighted by molar-refractivity contribution is 6.09. The maximum Gasteiger partial charge on any atom is 0.325 e. The minimum absolute atomic E-state index is 0.0683. The molecule has 1 saturated carbocycles. The molecule has 1 spiro atoms. The molecular weight excluding hydrogens is 306 g/mol. The van der Waals surface area contributed by atoms with E-state index in [1.165, 1.54) is 19.3 Å². The highest BCUT2D eigenvalue weighted by Crippen LogP contribution is 2.33. The maximum absolute atomic E-state index is 12.6. The van der Waals surface area contributed by atoms with Gasteiger partial charge in [-0.05, 0) is 26.2 Å². The minimum Gasteiger partial charge on any atom is -0.352 e. The lowest BCUT2D eigenvalue weighted by Gasteiger charge is -2.30. The Hall–Kier alpha value is -1.59. The first-order valence-corrected chi connectivity index (χ1v) is 9.42. The van der Waals surface area contributed by atoms with Crippen molar-refractivity contribution in [2.45, 2.75) is 89.6 Å². The summed E-state index contributed by atoms with van der Waals surface area (Å²) in [4.78, 5) is 38.0. The quantitative estimate of drug-likeness (QED) is 0.528. The smallest absolute Gasteiger partial charge is 0.325 e. The van der Waals surface area contributed by atoms with Gasteiger partial charge in [-0.2, -0.15) is 0 Å². The summed E-state index contributed by atoms with van der Waals surface area (Å²) in [6, 6.07) is -0.355. The van der Waals surface area contributed by atoms with Crippen LogP contribution in [0.25, 0.3) is 0 Å². The maximum atomic E-state index is 12.6. The molecule has 136 valence electrons. The topological polar surface area (TPSA) is 78.5 Å². The number of imide groups is 1. The van der Waals surface area contributed by atoms with Crippen LogP contribution < -0.4 is 10.6 Å². The summed E-state index contributed by atoms with van der Waals surface area (Å²) in [5.41, 5.74) is -0.749. The fourth-order valence-corrected chi connectivity index (χ4v) is 3.73. The average Bonchev–Trinajstić information content (AvgIpc) is 2.76. The van der Waals surface area contributed by atoms with E-state index < -0.39 is 11.6 Å². The molecule has 0 radical (unpaired) electrons. The Bertz CT molecular complexity index is 472. The van der Waals surface area contributed by atoms with Crippen molar-refractivity contribution in [3.8, 4) is 0 Å². The van der Waals surface area contributed by atoms with Crippen LogP contribution in [0.3, 0.4) is 0 Å². The molecule has 1 atom stereocenters. The van der Waals surface area contributed by atoms with Crippen LogP contribution in [0.1, 0.15) is 78.1 Å². The highest BCUT2D eigenvalue weighted by atomic mass is 16.2. The number of carbonyl (C=O) groups excluding carboxylic acids is 3. The molecule has 1 aliphatic heterocycles. The van der Waals surface area contributed by atoms with E-state index in [1.807, 2.05) is 6.92 Å². The zero-order valence-electron chi connectivity index (χ0n) is 15.0. The minimum atomic E-state index is -0.749. The van der Waals surface area contributed by atoms with Gasteiger partial charge in [0, 0.05) is 6.04 Å². The number of rotatable bonds is 8. The summed E-state index contributed by atoms with van der Waals surface area (Å²) in [5, 5.41) is 5.74. The summed E-state index contributed by atoms with van der Waals surface area (Å²) in [6.07, 6.45) is 9.94. The molecule has 0 aromatic rings. The van der Waals surface area contributed by atoms with E-state index in [9.17, 15) is 14.4 Å². The molecule has 6 heteroatoms. The van der Waals surface area contributed by atoms with Crippen molar-refractivity contribution in [2.24, 2.45) is 0 Å². The number of nitrogens with one attached hydrogen (secondary N) is 2. The molecule has 0 aromatic carbocycles. The van der Waals surface area contributed by atoms with Gasteiger partial charge in [0.1, 0.15) is 12.1 Å². The van der Waals surface area contributed by atoms with Gasteiger partial charge in [0.15, 0.2) is 0 Å². The zero-order valence-corrected chi connectivity index (χ0v) is 15.0. The third-order valence-corrected chi connectivity index (χ3v) is 5.15. The van der Waals surface area contributed by atoms with Crippen molar-refractivity contribution in [2.75, 3.05) is 6.54 Å². The third kappa shape index (κ3) is 4.48. The third-order valence-electron chi connectivity index (χ3n) is 5.15. The number of amides is 4. The Morgan fingerprint density at radius 1 is 1.21 bits per heavy atom. The van der Waals surface area contributed by atoms with E-state index in [0.29, 0.717) is 12.8 Å². The van der Waals surface area contributed by atoms with Gasteiger partial charge in [0.05, 0.1) is 0 Å². The Kier molecular flexibility index (Phi) is 6.63. The first kappa shape index (κ1) is 18.7. The summed E-state index contributed by atoms with van der Waals surface area (Å²) >= 11 is 0. The largest absolute Gasteiger partial charge is 0.352 e. The molecule has 2 aliphatic rings. The van der Waals surface area contributed by atoms with Gasteiger partial charge in [-0.25, -0.2) is 4.79 Å². The number of hydrogen-bond donors (Lipinski definition) is 2. The van der Waals surface area contributed by atoms with Crippen molar-refractivity contribution >= 4 is 17.8 Å². The summed E-state index contributed by atoms with van der Waals surface area (Å²) in [5.74, 6) is -0.479. The Balaban J connectivity index is 1.81. The van der Waals surface area contributed by atoms with Crippen molar-refractivity contribution in [3.63, 3.8) is 0 Å². The predicted molar refractivity (Wildman–Crippen MR) is 92.4 cm³/mol. The number of unbranched alkanes of at least 4 members (excludes halogenated alkanes) is 3. The van der Waals surface area contributed by atoms with Gasteiger partial charge >= 0.3 is 6.03 Å². The molecule has 4 amide bonds. The average molecular weight is 337 g/mol. The SMILES string of the molecule is CCCCCCC(C)NC(=O)CN1C(=O)NC2(CCCCC2)C1=O. The molecule has 1 saturated heterocycles. The Morgan fingerprint density at radius 2 is 1.92 bits per heavy atom. The molecule has 2 fully saturated rings. The Morgan fingerprint density at radius 3 is 2.58 bits per heavy atom. The van der Waals surface area contributed by atoms with Crippen LogP contribution in [0.4, 0.5) is 4.79 Å². The van der Waals surface area contributed by atoms with Crippen LogP contribution in [-0.4, -0.2) is 40.9 Å². The highest BCUT2D eigenvalue weighted by Gasteiger charge is 2.51. The number of carbonyl (C=O) groups is 3. The van der Waals surface area contributed by atoms with Gasteiger partial charge in [-0.3, -0.25) is 14.5 Å². The second-order valence-electron chi connectivity index (χ2n) is 7.28. The molecule has 1 unspecified atom stereocenters. The van der Waals surface area contributed by atoms with Gasteiger partial charge in [0.2, 0.25) is 5.91 Å². The van der Waals surface area contributed by atoms with Crippen molar-refractivity contribution in [3.05, 3.63) is 0 Å². The summed E-state index contributed by atoms with van der Waals surface area (Å²) < 4.78 is 0. The van der Waals surface area contributed by atoms with Crippen LogP contribution in [0.5, 0.6) is 0 Å². The molecule has 2 N–H and O–H groups in total. The van der Waals surface area contributed by atoms with Gasteiger partial charge in [-0.15, -0.1) is 0 Å². The van der Waals surface area contributed by atoms with Gasteiger partial charge in [0.25, 0.3) is 5.91 Å². The second kappa shape index (κ2) is 8.49. The van der Waals surface area contributed by atoms with Crippen LogP contribution in [0.15, 0.2) is 0 Å². The van der Waals surface area contributed by atoms with Crippen LogP contribution in [0, 0.1) is 0 Å². The lowest BCUT2D eigenvalue weighted by Crippen LogP contribution is -2.49. The lowest BCUT2D eigenvalue weighted by molar-refractivity contribution is -0.136. The van der Waals surface area contributed by atoms with E-state index in [1.54, 1.807) is 0 Å². The van der Waals surface area contributed by atoms with Crippen LogP contribution in [-0.2, 0) is 9.59 Å². The molecule has 0 bridgehead atoms. The predicted octanol–water partition coefficient (Wildman–Crippen LogP) is 2.72. The molecule has 6 nitrogen and oxygen atoms in total. The van der Waals surface area contributed by atoms with Gasteiger partial charge < -0.3 is 10.6 Å². The van der Waals surface area contributed by atoms with E-state index >= 15 is 0 Å². The first-order valence-electron chi connectivity index (χ1n) is 9.42. The summed E-state index contributed by atoms with van der Waals surface area (Å²) in [6.45, 7) is 3.96. The van der Waals surface area contributed by atoms with E-state index in [-0.39, 0.29) is 24.4 Å². The molecule has 0 aromatic heterocycles. The van der Waals surface area contributed by atoms with Crippen LogP contribution >= 0.6 is 0 Å². The van der Waals surface area contributed by atoms with Crippen molar-refractivity contribution < 1.29 is 14.4 Å². The number of urea groups is 1. The van der Waals surface area contributed by atoms with E-state index in [2.05, 4.69) is 17.6 Å². The fourth-order valence-electron chi connectivity index (χ4n) is 3.73. The van der Waals surface area contributed by atoms with E-state index in [0.717, 1.165) is 37.0 Å². The molecule has 1 aliphatic carbocycles. The summed E-state index contributed by atoms with van der Waals surface area (Å²) in [7, 11) is 0. The Labute approximate surface area is 144 Å². The molecule has 1 heterocycles. The normalized spacial score (nSPS) is 21.0. The van der Waals surface area contributed by atoms with E-state index in [4.69, 9.17) is 0 Å². The lowest BCUT2D eigenvalue weighted by atomic mass is 9.82. The van der Waals surface area contributed by atoms with Crippen molar-refractivity contribution in [1.29, 1.82) is 0 Å². The zero-order chi connectivity index (χ0) is 17.6. The fraction of sp³-hybridized carbons (Fsp3) is 0.833. The monoisotopic (exact) mass is 337 g/mol. The molecular formula is C18H31N3O3. The standard InChI is InChI=1S/C18H31N3O3/c1-3-4-5-7-10-14(2)19-15(22)13-21-16(23)18(20-17(21)24)11-8-6-9-12-18/h14H,3-13H2,1-2H3,(H,19,22)(H,20,24). The molecule has 24 heavy (non-hydrogen) atoms. The van der Waals surface area contributed by atoms with Crippen molar-refractivity contribution in [1.82, 2.24) is 15.5 Å². The van der Waals surface area contributed by atoms with Crippen LogP contribution in [0.2, 0.25) is 0 Å².